The molecule has 1 aliphatic heterocycles. The van der Waals surface area contributed by atoms with Crippen LogP contribution in [0.1, 0.15) is 11.1 Å². The Morgan fingerprint density at radius 3 is 2.94 bits per heavy atom. The zero-order valence-electron chi connectivity index (χ0n) is 11.4. The molecule has 0 bridgehead atoms. The van der Waals surface area contributed by atoms with E-state index in [1.54, 1.807) is 19.0 Å². The molecule has 1 amide bonds. The third-order valence-electron chi connectivity index (χ3n) is 3.38. The van der Waals surface area contributed by atoms with E-state index in [-0.39, 0.29) is 5.91 Å². The first-order chi connectivity index (χ1) is 8.58. The van der Waals surface area contributed by atoms with E-state index in [1.807, 2.05) is 0 Å². The van der Waals surface area contributed by atoms with E-state index in [2.05, 4.69) is 35.5 Å². The minimum atomic E-state index is 0.107. The quantitative estimate of drug-likeness (QED) is 0.857. The normalized spacial score (nSPS) is 13.6. The average molecular weight is 247 g/mol. The summed E-state index contributed by atoms with van der Waals surface area (Å²) in [4.78, 5) is 15.3. The van der Waals surface area contributed by atoms with Gasteiger partial charge in [0.05, 0.1) is 6.54 Å². The number of nitrogens with one attached hydrogen (secondary N) is 1. The van der Waals surface area contributed by atoms with Crippen LogP contribution in [0.2, 0.25) is 0 Å². The predicted molar refractivity (Wildman–Crippen MR) is 73.8 cm³/mol. The molecule has 2 rings (SSSR count). The van der Waals surface area contributed by atoms with Crippen molar-refractivity contribution in [3.8, 4) is 0 Å². The van der Waals surface area contributed by atoms with Crippen molar-refractivity contribution in [3.63, 3.8) is 0 Å². The third-order valence-corrected chi connectivity index (χ3v) is 3.38. The number of likely N-dealkylation sites (N-methyl/N-ethyl adjacent to an activating group) is 2. The Balaban J connectivity index is 1.90. The van der Waals surface area contributed by atoms with Gasteiger partial charge < -0.3 is 15.1 Å². The number of nitrogens with zero attached hydrogens (tertiary/aromatic N) is 2. The topological polar surface area (TPSA) is 35.6 Å². The van der Waals surface area contributed by atoms with Gasteiger partial charge in [0.1, 0.15) is 0 Å². The molecule has 0 radical (unpaired) electrons. The second-order valence-corrected chi connectivity index (χ2v) is 5.03. The highest BCUT2D eigenvalue weighted by atomic mass is 16.2. The maximum absolute atomic E-state index is 11.4. The summed E-state index contributed by atoms with van der Waals surface area (Å²) < 4.78 is 0. The Kier molecular flexibility index (Phi) is 3.87. The monoisotopic (exact) mass is 247 g/mol. The summed E-state index contributed by atoms with van der Waals surface area (Å²) in [7, 11) is 5.67. The van der Waals surface area contributed by atoms with Gasteiger partial charge in [0.2, 0.25) is 5.91 Å². The molecule has 1 N–H and O–H groups in total. The molecule has 0 aliphatic carbocycles. The molecule has 98 valence electrons. The van der Waals surface area contributed by atoms with Crippen molar-refractivity contribution in [3.05, 3.63) is 29.3 Å². The number of rotatable bonds is 4. The van der Waals surface area contributed by atoms with Crippen molar-refractivity contribution in [1.82, 2.24) is 10.2 Å². The molecule has 0 atom stereocenters. The van der Waals surface area contributed by atoms with E-state index >= 15 is 0 Å². The standard InChI is InChI=1S/C14H21N3O/c1-16(2)14(18)10-15-9-11-4-5-13-12(8-11)6-7-17(13)3/h4-5,8,15H,6-7,9-10H2,1-3H3. The number of amides is 1. The van der Waals surface area contributed by atoms with Crippen LogP contribution in [0, 0.1) is 0 Å². The van der Waals surface area contributed by atoms with Gasteiger partial charge in [-0.1, -0.05) is 12.1 Å². The van der Waals surface area contributed by atoms with Crippen molar-refractivity contribution in [1.29, 1.82) is 0 Å². The fourth-order valence-corrected chi connectivity index (χ4v) is 2.20. The number of hydrogen-bond acceptors (Lipinski definition) is 3. The summed E-state index contributed by atoms with van der Waals surface area (Å²) in [6, 6.07) is 6.55. The number of fused-ring (bicyclic) bond motifs is 1. The number of carbonyl (C=O) groups is 1. The molecule has 18 heavy (non-hydrogen) atoms. The molecule has 1 heterocycles. The predicted octanol–water partition coefficient (Wildman–Crippen LogP) is 0.857. The zero-order chi connectivity index (χ0) is 13.1. The SMILES string of the molecule is CN(C)C(=O)CNCc1ccc2c(c1)CCN2C. The van der Waals surface area contributed by atoms with Crippen LogP contribution < -0.4 is 10.2 Å². The minimum absolute atomic E-state index is 0.107. The van der Waals surface area contributed by atoms with Gasteiger partial charge in [-0.05, 0) is 23.6 Å². The lowest BCUT2D eigenvalue weighted by Crippen LogP contribution is -2.32. The largest absolute Gasteiger partial charge is 0.374 e. The number of benzene rings is 1. The van der Waals surface area contributed by atoms with Crippen LogP contribution in [0.4, 0.5) is 5.69 Å². The van der Waals surface area contributed by atoms with E-state index in [0.29, 0.717) is 6.54 Å². The summed E-state index contributed by atoms with van der Waals surface area (Å²) in [5.41, 5.74) is 3.99. The fraction of sp³-hybridized carbons (Fsp3) is 0.500. The van der Waals surface area contributed by atoms with E-state index in [1.165, 1.54) is 16.8 Å². The van der Waals surface area contributed by atoms with Crippen LogP contribution in [0.5, 0.6) is 0 Å². The number of carbonyl (C=O) groups excluding carboxylic acids is 1. The van der Waals surface area contributed by atoms with Gasteiger partial charge in [-0.2, -0.15) is 0 Å². The highest BCUT2D eigenvalue weighted by Gasteiger charge is 2.15. The highest BCUT2D eigenvalue weighted by Crippen LogP contribution is 2.27. The van der Waals surface area contributed by atoms with E-state index in [9.17, 15) is 4.79 Å². The summed E-state index contributed by atoms with van der Waals surface area (Å²) >= 11 is 0. The van der Waals surface area contributed by atoms with Crippen molar-refractivity contribution in [2.45, 2.75) is 13.0 Å². The van der Waals surface area contributed by atoms with Gasteiger partial charge >= 0.3 is 0 Å². The van der Waals surface area contributed by atoms with Crippen LogP contribution in [0.3, 0.4) is 0 Å². The maximum atomic E-state index is 11.4. The lowest BCUT2D eigenvalue weighted by Gasteiger charge is -2.13. The van der Waals surface area contributed by atoms with Crippen molar-refractivity contribution < 1.29 is 4.79 Å². The van der Waals surface area contributed by atoms with E-state index in [0.717, 1.165) is 19.5 Å². The molecule has 0 spiro atoms. The second-order valence-electron chi connectivity index (χ2n) is 5.03. The molecule has 0 saturated carbocycles. The van der Waals surface area contributed by atoms with Gasteiger partial charge in [0.25, 0.3) is 0 Å². The van der Waals surface area contributed by atoms with Gasteiger partial charge in [-0.25, -0.2) is 0 Å². The molecule has 1 aromatic carbocycles. The molecule has 0 fully saturated rings. The molecule has 0 aromatic heterocycles. The van der Waals surface area contributed by atoms with Crippen LogP contribution in [-0.2, 0) is 17.8 Å². The van der Waals surface area contributed by atoms with Crippen molar-refractivity contribution in [2.24, 2.45) is 0 Å². The summed E-state index contributed by atoms with van der Waals surface area (Å²) in [5.74, 6) is 0.107. The Hall–Kier alpha value is -1.55. The molecule has 0 unspecified atom stereocenters. The Morgan fingerprint density at radius 2 is 2.22 bits per heavy atom. The van der Waals surface area contributed by atoms with Crippen LogP contribution in [-0.4, -0.2) is 45.0 Å². The van der Waals surface area contributed by atoms with Crippen LogP contribution in [0.15, 0.2) is 18.2 Å². The van der Waals surface area contributed by atoms with Crippen LogP contribution in [0.25, 0.3) is 0 Å². The summed E-state index contributed by atoms with van der Waals surface area (Å²) in [5, 5.41) is 3.18. The molecule has 1 aromatic rings. The third kappa shape index (κ3) is 2.82. The second kappa shape index (κ2) is 5.40. The van der Waals surface area contributed by atoms with Gasteiger partial charge in [0.15, 0.2) is 0 Å². The van der Waals surface area contributed by atoms with Crippen LogP contribution >= 0.6 is 0 Å². The van der Waals surface area contributed by atoms with Crippen molar-refractivity contribution >= 4 is 11.6 Å². The van der Waals surface area contributed by atoms with Gasteiger partial charge in [-0.15, -0.1) is 0 Å². The first kappa shape index (κ1) is 12.9. The van der Waals surface area contributed by atoms with E-state index < -0.39 is 0 Å². The minimum Gasteiger partial charge on any atom is -0.374 e. The Morgan fingerprint density at radius 1 is 1.44 bits per heavy atom. The Bertz CT molecular complexity index is 443. The maximum Gasteiger partial charge on any atom is 0.236 e. The smallest absolute Gasteiger partial charge is 0.236 e. The lowest BCUT2D eigenvalue weighted by molar-refractivity contribution is -0.127. The first-order valence-corrected chi connectivity index (χ1v) is 6.32. The van der Waals surface area contributed by atoms with Crippen molar-refractivity contribution in [2.75, 3.05) is 39.1 Å². The molecular formula is C14H21N3O. The molecule has 4 nitrogen and oxygen atoms in total. The molecule has 4 heteroatoms. The summed E-state index contributed by atoms with van der Waals surface area (Å²) in [6.07, 6.45) is 1.12. The zero-order valence-corrected chi connectivity index (χ0v) is 11.4. The first-order valence-electron chi connectivity index (χ1n) is 6.32. The molecule has 1 aliphatic rings. The fourth-order valence-electron chi connectivity index (χ4n) is 2.20. The average Bonchev–Trinajstić information content (AvgIpc) is 2.70. The molecular weight excluding hydrogens is 226 g/mol. The molecule has 0 saturated heterocycles. The van der Waals surface area contributed by atoms with Gasteiger partial charge in [-0.3, -0.25) is 4.79 Å². The number of anilines is 1. The van der Waals surface area contributed by atoms with Gasteiger partial charge in [0, 0.05) is 39.9 Å². The number of hydrogen-bond donors (Lipinski definition) is 1. The Labute approximate surface area is 109 Å². The summed E-state index contributed by atoms with van der Waals surface area (Å²) in [6.45, 7) is 2.24. The van der Waals surface area contributed by atoms with E-state index in [4.69, 9.17) is 0 Å². The highest BCUT2D eigenvalue weighted by molar-refractivity contribution is 5.77. The lowest BCUT2D eigenvalue weighted by atomic mass is 10.1.